The predicted molar refractivity (Wildman–Crippen MR) is 130 cm³/mol. The third-order valence-electron chi connectivity index (χ3n) is 5.48. The predicted octanol–water partition coefficient (Wildman–Crippen LogP) is 3.30. The summed E-state index contributed by atoms with van der Waals surface area (Å²) in [6.07, 6.45) is 1.59. The average molecular weight is 467 g/mol. The van der Waals surface area contributed by atoms with Gasteiger partial charge in [0.1, 0.15) is 5.69 Å². The van der Waals surface area contributed by atoms with Crippen LogP contribution < -0.4 is 16.6 Å². The number of fused-ring (bicyclic) bond motifs is 1. The van der Waals surface area contributed by atoms with Crippen LogP contribution in [0, 0.1) is 0 Å². The van der Waals surface area contributed by atoms with Crippen LogP contribution in [0.5, 0.6) is 0 Å². The second kappa shape index (κ2) is 9.52. The highest BCUT2D eigenvalue weighted by Gasteiger charge is 2.19. The van der Waals surface area contributed by atoms with Crippen molar-refractivity contribution in [3.63, 3.8) is 0 Å². The molecule has 0 fully saturated rings. The van der Waals surface area contributed by atoms with Crippen molar-refractivity contribution in [1.29, 1.82) is 0 Å². The van der Waals surface area contributed by atoms with E-state index in [1.807, 2.05) is 60.7 Å². The minimum absolute atomic E-state index is 0.0292. The number of carbonyl (C=O) groups excluding carboxylic acids is 2. The van der Waals surface area contributed by atoms with E-state index >= 15 is 0 Å². The number of hydrogen-bond acceptors (Lipinski definition) is 5. The van der Waals surface area contributed by atoms with Crippen LogP contribution in [-0.2, 0) is 11.3 Å². The summed E-state index contributed by atoms with van der Waals surface area (Å²) in [5.41, 5.74) is 8.28. The molecule has 0 aliphatic heterocycles. The quantitative estimate of drug-likeness (QED) is 0.372. The fourth-order valence-corrected chi connectivity index (χ4v) is 3.76. The zero-order chi connectivity index (χ0) is 24.2. The minimum atomic E-state index is -0.538. The molecule has 9 nitrogen and oxygen atoms in total. The van der Waals surface area contributed by atoms with Crippen molar-refractivity contribution in [3.8, 4) is 16.9 Å². The molecule has 0 atom stereocenters. The van der Waals surface area contributed by atoms with E-state index in [1.165, 1.54) is 4.57 Å². The van der Waals surface area contributed by atoms with Crippen molar-refractivity contribution in [1.82, 2.24) is 25.2 Å². The number of amides is 2. The Kier molecular flexibility index (Phi) is 5.96. The Hall–Kier alpha value is -4.92. The number of carbonyl (C=O) groups is 2. The summed E-state index contributed by atoms with van der Waals surface area (Å²) in [6, 6.07) is 25.7. The molecule has 3 aromatic carbocycles. The molecule has 0 bridgehead atoms. The number of nitrogens with zero attached hydrogens (tertiary/aromatic N) is 3. The fraction of sp³-hybridized carbons (Fsp3) is 0.0769. The van der Waals surface area contributed by atoms with Gasteiger partial charge in [0.05, 0.1) is 16.8 Å². The monoisotopic (exact) mass is 467 g/mol. The maximum absolute atomic E-state index is 13.0. The number of benzene rings is 3. The van der Waals surface area contributed by atoms with Gasteiger partial charge in [0.25, 0.3) is 5.91 Å². The van der Waals surface area contributed by atoms with Crippen molar-refractivity contribution >= 4 is 22.9 Å². The molecule has 0 saturated heterocycles. The highest BCUT2D eigenvalue weighted by molar-refractivity contribution is 6.00. The lowest BCUT2D eigenvalue weighted by molar-refractivity contribution is -0.122. The Balaban J connectivity index is 1.30. The minimum Gasteiger partial charge on any atom is -0.408 e. The first kappa shape index (κ1) is 21.9. The van der Waals surface area contributed by atoms with E-state index in [4.69, 9.17) is 4.42 Å². The highest BCUT2D eigenvalue weighted by Crippen LogP contribution is 2.23. The van der Waals surface area contributed by atoms with Crippen LogP contribution in [0.15, 0.2) is 100 Å². The van der Waals surface area contributed by atoms with Crippen molar-refractivity contribution in [3.05, 3.63) is 107 Å². The molecule has 2 amide bonds. The van der Waals surface area contributed by atoms with Crippen LogP contribution in [0.4, 0.5) is 0 Å². The summed E-state index contributed by atoms with van der Waals surface area (Å²) in [5.74, 6) is -1.50. The number of hydrazine groups is 1. The first-order chi connectivity index (χ1) is 17.1. The lowest BCUT2D eigenvalue weighted by Gasteiger charge is -2.08. The van der Waals surface area contributed by atoms with E-state index in [2.05, 4.69) is 16.0 Å². The fourth-order valence-electron chi connectivity index (χ4n) is 3.76. The molecule has 0 aliphatic carbocycles. The van der Waals surface area contributed by atoms with Crippen LogP contribution in [0.3, 0.4) is 0 Å². The smallest absolute Gasteiger partial charge is 0.408 e. The molecule has 0 radical (unpaired) electrons. The number of nitrogens with one attached hydrogen (secondary N) is 2. The average Bonchev–Trinajstić information content (AvgIpc) is 3.48. The first-order valence-corrected chi connectivity index (χ1v) is 11.0. The molecule has 35 heavy (non-hydrogen) atoms. The summed E-state index contributed by atoms with van der Waals surface area (Å²) in [4.78, 5) is 37.5. The van der Waals surface area contributed by atoms with E-state index in [1.54, 1.807) is 35.1 Å². The van der Waals surface area contributed by atoms with E-state index in [-0.39, 0.29) is 13.0 Å². The highest BCUT2D eigenvalue weighted by atomic mass is 16.4. The Morgan fingerprint density at radius 1 is 0.857 bits per heavy atom. The topological polar surface area (TPSA) is 111 Å². The number of oxazole rings is 1. The summed E-state index contributed by atoms with van der Waals surface area (Å²) >= 11 is 0. The largest absolute Gasteiger partial charge is 0.419 e. The van der Waals surface area contributed by atoms with Crippen LogP contribution in [0.2, 0.25) is 0 Å². The van der Waals surface area contributed by atoms with E-state index in [0.29, 0.717) is 22.4 Å². The van der Waals surface area contributed by atoms with Gasteiger partial charge >= 0.3 is 5.76 Å². The Morgan fingerprint density at radius 3 is 2.31 bits per heavy atom. The molecule has 0 saturated carbocycles. The number of aromatic nitrogens is 3. The van der Waals surface area contributed by atoms with Crippen LogP contribution in [-0.4, -0.2) is 26.2 Å². The molecule has 9 heteroatoms. The van der Waals surface area contributed by atoms with Gasteiger partial charge in [-0.15, -0.1) is 0 Å². The summed E-state index contributed by atoms with van der Waals surface area (Å²) in [5, 5.41) is 4.60. The zero-order valence-corrected chi connectivity index (χ0v) is 18.5. The Bertz CT molecular complexity index is 1550. The number of rotatable bonds is 6. The van der Waals surface area contributed by atoms with Crippen molar-refractivity contribution in [2.24, 2.45) is 0 Å². The van der Waals surface area contributed by atoms with Gasteiger partial charge in [0.2, 0.25) is 5.91 Å². The van der Waals surface area contributed by atoms with Crippen molar-refractivity contribution in [2.75, 3.05) is 0 Å². The molecule has 0 aliphatic rings. The van der Waals surface area contributed by atoms with Gasteiger partial charge in [0.15, 0.2) is 5.58 Å². The molecule has 2 N–H and O–H groups in total. The van der Waals surface area contributed by atoms with Gasteiger partial charge in [-0.2, -0.15) is 5.10 Å². The summed E-state index contributed by atoms with van der Waals surface area (Å²) in [6.45, 7) is 0.110. The maximum atomic E-state index is 13.0. The Labute approximate surface area is 199 Å². The first-order valence-electron chi connectivity index (χ1n) is 11.0. The molecule has 5 rings (SSSR count). The zero-order valence-electron chi connectivity index (χ0n) is 18.5. The van der Waals surface area contributed by atoms with Crippen molar-refractivity contribution < 1.29 is 14.0 Å². The standard InChI is InChI=1S/C26H21N5O4/c32-23(15-16-30-21-13-7-8-14-22(21)35-26(30)34)27-28-25(33)20-17-31(19-11-5-2-6-12-19)29-24(20)18-9-3-1-4-10-18/h1-14,17H,15-16H2,(H,27,32)(H,28,33). The van der Waals surface area contributed by atoms with E-state index in [0.717, 1.165) is 11.3 Å². The van der Waals surface area contributed by atoms with E-state index in [9.17, 15) is 14.4 Å². The van der Waals surface area contributed by atoms with Crippen LogP contribution in [0.1, 0.15) is 16.8 Å². The third-order valence-corrected chi connectivity index (χ3v) is 5.48. The second-order valence-electron chi connectivity index (χ2n) is 7.78. The molecule has 2 aromatic heterocycles. The van der Waals surface area contributed by atoms with Gasteiger partial charge in [-0.3, -0.25) is 25.0 Å². The van der Waals surface area contributed by atoms with E-state index < -0.39 is 17.6 Å². The van der Waals surface area contributed by atoms with Crippen LogP contribution >= 0.6 is 0 Å². The lowest BCUT2D eigenvalue weighted by Crippen LogP contribution is -2.42. The lowest BCUT2D eigenvalue weighted by atomic mass is 10.1. The molecular formula is C26H21N5O4. The Morgan fingerprint density at radius 2 is 1.54 bits per heavy atom. The van der Waals surface area contributed by atoms with Gasteiger partial charge < -0.3 is 4.42 Å². The number of aryl methyl sites for hydroxylation is 1. The molecule has 174 valence electrons. The van der Waals surface area contributed by atoms with Gasteiger partial charge in [0, 0.05) is 24.7 Å². The normalized spacial score (nSPS) is 10.9. The molecule has 0 unspecified atom stereocenters. The van der Waals surface area contributed by atoms with Gasteiger partial charge in [-0.1, -0.05) is 60.7 Å². The van der Waals surface area contributed by atoms with Crippen LogP contribution in [0.25, 0.3) is 28.0 Å². The molecular weight excluding hydrogens is 446 g/mol. The molecule has 5 aromatic rings. The summed E-state index contributed by atoms with van der Waals surface area (Å²) < 4.78 is 8.18. The number of hydrogen-bond donors (Lipinski definition) is 2. The second-order valence-corrected chi connectivity index (χ2v) is 7.78. The maximum Gasteiger partial charge on any atom is 0.419 e. The molecule has 2 heterocycles. The SMILES string of the molecule is O=C(CCn1c(=O)oc2ccccc21)NNC(=O)c1cn(-c2ccccc2)nc1-c1ccccc1. The summed E-state index contributed by atoms with van der Waals surface area (Å²) in [7, 11) is 0. The van der Waals surface area contributed by atoms with Crippen molar-refractivity contribution in [2.45, 2.75) is 13.0 Å². The van der Waals surface area contributed by atoms with Gasteiger partial charge in [-0.25, -0.2) is 9.48 Å². The van der Waals surface area contributed by atoms with Gasteiger partial charge in [-0.05, 0) is 24.3 Å². The number of para-hydroxylation sites is 3. The molecule has 0 spiro atoms. The third kappa shape index (κ3) is 4.60.